The summed E-state index contributed by atoms with van der Waals surface area (Å²) in [5, 5.41) is 0.645. The van der Waals surface area contributed by atoms with E-state index in [1.807, 2.05) is 18.2 Å². The Morgan fingerprint density at radius 2 is 1.76 bits per heavy atom. The smallest absolute Gasteiger partial charge is 0.306 e. The van der Waals surface area contributed by atoms with Crippen LogP contribution >= 0.6 is 11.6 Å². The van der Waals surface area contributed by atoms with Crippen LogP contribution in [0, 0.1) is 0 Å². The third kappa shape index (κ3) is 5.87. The van der Waals surface area contributed by atoms with Crippen molar-refractivity contribution in [2.75, 3.05) is 27.4 Å². The highest BCUT2D eigenvalue weighted by Gasteiger charge is 2.11. The van der Waals surface area contributed by atoms with E-state index in [9.17, 15) is 4.79 Å². The van der Waals surface area contributed by atoms with Gasteiger partial charge in [-0.3, -0.25) is 4.79 Å². The Labute approximate surface area is 152 Å². The number of carbonyl (C=O) groups excluding carboxylic acids is 1. The van der Waals surface area contributed by atoms with E-state index in [1.165, 1.54) is 0 Å². The van der Waals surface area contributed by atoms with Crippen molar-refractivity contribution in [3.63, 3.8) is 0 Å². The first-order chi connectivity index (χ1) is 12.1. The van der Waals surface area contributed by atoms with Gasteiger partial charge in [-0.25, -0.2) is 0 Å². The van der Waals surface area contributed by atoms with Crippen LogP contribution in [0.3, 0.4) is 0 Å². The highest BCUT2D eigenvalue weighted by molar-refractivity contribution is 6.30. The fraction of sp³-hybridized carbons (Fsp3) is 0.316. The number of ether oxygens (including phenoxy) is 4. The number of halogens is 1. The number of carbonyl (C=O) groups is 1. The Hall–Kier alpha value is -2.40. The van der Waals surface area contributed by atoms with Crippen molar-refractivity contribution in [1.82, 2.24) is 0 Å². The molecule has 0 saturated heterocycles. The molecule has 0 aromatic heterocycles. The zero-order chi connectivity index (χ0) is 18.1. The maximum Gasteiger partial charge on any atom is 0.306 e. The van der Waals surface area contributed by atoms with Gasteiger partial charge in [-0.1, -0.05) is 23.7 Å². The predicted octanol–water partition coefficient (Wildman–Crippen LogP) is 3.91. The number of esters is 1. The minimum atomic E-state index is -0.287. The van der Waals surface area contributed by atoms with Gasteiger partial charge in [0.05, 0.1) is 14.2 Å². The van der Waals surface area contributed by atoms with Gasteiger partial charge < -0.3 is 18.9 Å². The Balaban J connectivity index is 1.73. The number of rotatable bonds is 9. The standard InChI is InChI=1S/C19H21ClO5/c1-22-17-5-3-4-14(19(17)23-2)6-11-18(21)25-13-12-24-16-9-7-15(20)8-10-16/h3-5,7-10H,6,11-13H2,1-2H3. The van der Waals surface area contributed by atoms with Crippen molar-refractivity contribution >= 4 is 17.6 Å². The number of methoxy groups -OCH3 is 2. The molecule has 0 spiro atoms. The van der Waals surface area contributed by atoms with Gasteiger partial charge in [-0.2, -0.15) is 0 Å². The SMILES string of the molecule is COc1cccc(CCC(=O)OCCOc2ccc(Cl)cc2)c1OC. The van der Waals surface area contributed by atoms with Gasteiger partial charge in [0, 0.05) is 11.4 Å². The quantitative estimate of drug-likeness (QED) is 0.498. The lowest BCUT2D eigenvalue weighted by atomic mass is 10.1. The number of para-hydroxylation sites is 1. The molecule has 0 fully saturated rings. The topological polar surface area (TPSA) is 54.0 Å². The minimum Gasteiger partial charge on any atom is -0.493 e. The summed E-state index contributed by atoms with van der Waals surface area (Å²) in [6, 6.07) is 12.6. The summed E-state index contributed by atoms with van der Waals surface area (Å²) in [4.78, 5) is 11.9. The maximum absolute atomic E-state index is 11.9. The van der Waals surface area contributed by atoms with Crippen molar-refractivity contribution in [2.45, 2.75) is 12.8 Å². The van der Waals surface area contributed by atoms with E-state index in [2.05, 4.69) is 0 Å². The minimum absolute atomic E-state index is 0.191. The first-order valence-corrected chi connectivity index (χ1v) is 8.25. The lowest BCUT2D eigenvalue weighted by molar-refractivity contribution is -0.144. The van der Waals surface area contributed by atoms with Crippen LogP contribution in [0.25, 0.3) is 0 Å². The third-order valence-corrected chi connectivity index (χ3v) is 3.76. The molecule has 0 bridgehead atoms. The average Bonchev–Trinajstić information content (AvgIpc) is 2.64. The zero-order valence-electron chi connectivity index (χ0n) is 14.3. The Morgan fingerprint density at radius 3 is 2.44 bits per heavy atom. The molecule has 25 heavy (non-hydrogen) atoms. The summed E-state index contributed by atoms with van der Waals surface area (Å²) in [5.74, 6) is 1.68. The molecule has 0 N–H and O–H groups in total. The lowest BCUT2D eigenvalue weighted by Crippen LogP contribution is -2.13. The van der Waals surface area contributed by atoms with Gasteiger partial charge in [0.25, 0.3) is 0 Å². The number of aryl methyl sites for hydroxylation is 1. The Morgan fingerprint density at radius 1 is 1.00 bits per heavy atom. The first-order valence-electron chi connectivity index (χ1n) is 7.88. The molecule has 2 aromatic carbocycles. The molecule has 0 aliphatic rings. The molecular weight excluding hydrogens is 344 g/mol. The molecule has 0 heterocycles. The van der Waals surface area contributed by atoms with E-state index in [0.29, 0.717) is 28.7 Å². The summed E-state index contributed by atoms with van der Waals surface area (Å²) in [5.41, 5.74) is 0.899. The monoisotopic (exact) mass is 364 g/mol. The van der Waals surface area contributed by atoms with Gasteiger partial charge in [0.2, 0.25) is 0 Å². The molecule has 0 saturated carbocycles. The molecule has 5 nitrogen and oxygen atoms in total. The molecule has 0 amide bonds. The van der Waals surface area contributed by atoms with Crippen molar-refractivity contribution in [3.05, 3.63) is 53.1 Å². The van der Waals surface area contributed by atoms with Gasteiger partial charge in [0.15, 0.2) is 11.5 Å². The zero-order valence-corrected chi connectivity index (χ0v) is 15.0. The van der Waals surface area contributed by atoms with Crippen LogP contribution in [0.15, 0.2) is 42.5 Å². The third-order valence-electron chi connectivity index (χ3n) is 3.51. The lowest BCUT2D eigenvalue weighted by Gasteiger charge is -2.12. The van der Waals surface area contributed by atoms with E-state index >= 15 is 0 Å². The maximum atomic E-state index is 11.9. The van der Waals surface area contributed by atoms with E-state index in [-0.39, 0.29) is 25.6 Å². The molecule has 6 heteroatoms. The fourth-order valence-electron chi connectivity index (χ4n) is 2.31. The van der Waals surface area contributed by atoms with Crippen molar-refractivity contribution in [2.24, 2.45) is 0 Å². The average molecular weight is 365 g/mol. The van der Waals surface area contributed by atoms with Crippen molar-refractivity contribution in [3.8, 4) is 17.2 Å². The molecule has 134 valence electrons. The molecule has 2 aromatic rings. The largest absolute Gasteiger partial charge is 0.493 e. The van der Waals surface area contributed by atoms with Crippen LogP contribution in [0.4, 0.5) is 0 Å². The highest BCUT2D eigenvalue weighted by Crippen LogP contribution is 2.31. The first kappa shape index (κ1) is 18.9. The van der Waals surface area contributed by atoms with Crippen molar-refractivity contribution in [1.29, 1.82) is 0 Å². The summed E-state index contributed by atoms with van der Waals surface area (Å²) < 4.78 is 21.2. The molecule has 0 aliphatic heterocycles. The van der Waals surface area contributed by atoms with Gasteiger partial charge >= 0.3 is 5.97 Å². The summed E-state index contributed by atoms with van der Waals surface area (Å²) >= 11 is 5.80. The van der Waals surface area contributed by atoms with Gasteiger partial charge in [-0.05, 0) is 42.3 Å². The second-order valence-electron chi connectivity index (χ2n) is 5.18. The van der Waals surface area contributed by atoms with Crippen molar-refractivity contribution < 1.29 is 23.7 Å². The summed E-state index contributed by atoms with van der Waals surface area (Å²) in [7, 11) is 3.16. The second-order valence-corrected chi connectivity index (χ2v) is 5.61. The van der Waals surface area contributed by atoms with Crippen LogP contribution in [0.5, 0.6) is 17.2 Å². The van der Waals surface area contributed by atoms with Crippen LogP contribution in [0.2, 0.25) is 5.02 Å². The Kier molecular flexibility index (Phi) is 7.41. The Bertz CT molecular complexity index is 685. The molecule has 0 atom stereocenters. The predicted molar refractivity (Wildman–Crippen MR) is 95.8 cm³/mol. The summed E-state index contributed by atoms with van der Waals surface area (Å²) in [6.07, 6.45) is 0.766. The van der Waals surface area contributed by atoms with Crippen LogP contribution in [0.1, 0.15) is 12.0 Å². The van der Waals surface area contributed by atoms with Crippen LogP contribution < -0.4 is 14.2 Å². The van der Waals surface area contributed by atoms with Crippen LogP contribution in [-0.4, -0.2) is 33.4 Å². The molecule has 2 rings (SSSR count). The molecular formula is C19H21ClO5. The molecule has 0 aliphatic carbocycles. The van der Waals surface area contributed by atoms with Gasteiger partial charge in [-0.15, -0.1) is 0 Å². The summed E-state index contributed by atoms with van der Waals surface area (Å²) in [6.45, 7) is 0.479. The normalized spacial score (nSPS) is 10.2. The van der Waals surface area contributed by atoms with E-state index in [1.54, 1.807) is 38.5 Å². The van der Waals surface area contributed by atoms with E-state index in [4.69, 9.17) is 30.5 Å². The van der Waals surface area contributed by atoms with Gasteiger partial charge in [0.1, 0.15) is 19.0 Å². The van der Waals surface area contributed by atoms with Crippen LogP contribution in [-0.2, 0) is 16.0 Å². The molecule has 0 radical (unpaired) electrons. The second kappa shape index (κ2) is 9.79. The molecule has 0 unspecified atom stereocenters. The number of benzene rings is 2. The van der Waals surface area contributed by atoms with E-state index in [0.717, 1.165) is 5.56 Å². The number of hydrogen-bond donors (Lipinski definition) is 0. The van der Waals surface area contributed by atoms with E-state index < -0.39 is 0 Å². The fourth-order valence-corrected chi connectivity index (χ4v) is 2.43. The highest BCUT2D eigenvalue weighted by atomic mass is 35.5. The number of hydrogen-bond acceptors (Lipinski definition) is 5.